The monoisotopic (exact) mass is 306 g/mol. The highest BCUT2D eigenvalue weighted by atomic mass is 16.2. The molecule has 1 amide bonds. The van der Waals surface area contributed by atoms with E-state index in [1.54, 1.807) is 12.3 Å². The van der Waals surface area contributed by atoms with Crippen molar-refractivity contribution in [3.05, 3.63) is 59.8 Å². The smallest absolute Gasteiger partial charge is 0.282 e. The van der Waals surface area contributed by atoms with Crippen LogP contribution in [0.4, 0.5) is 11.5 Å². The second-order valence-electron chi connectivity index (χ2n) is 5.53. The van der Waals surface area contributed by atoms with Gasteiger partial charge in [0.25, 0.3) is 5.91 Å². The molecule has 0 saturated heterocycles. The normalized spacial score (nSPS) is 16.0. The number of carbonyl (C=O) groups is 1. The Morgan fingerprint density at radius 3 is 2.43 bits per heavy atom. The van der Waals surface area contributed by atoms with Gasteiger partial charge in [0.2, 0.25) is 0 Å². The van der Waals surface area contributed by atoms with Gasteiger partial charge in [-0.3, -0.25) is 4.79 Å². The van der Waals surface area contributed by atoms with E-state index < -0.39 is 0 Å². The number of aromatic nitrogens is 1. The van der Waals surface area contributed by atoms with Crippen molar-refractivity contribution in [3.63, 3.8) is 0 Å². The Labute approximate surface area is 135 Å². The van der Waals surface area contributed by atoms with Crippen molar-refractivity contribution in [2.45, 2.75) is 6.92 Å². The van der Waals surface area contributed by atoms with E-state index in [0.717, 1.165) is 11.3 Å². The summed E-state index contributed by atoms with van der Waals surface area (Å²) in [6.07, 6.45) is 3.51. The predicted molar refractivity (Wildman–Crippen MR) is 93.6 cm³/mol. The molecule has 0 bridgehead atoms. The van der Waals surface area contributed by atoms with Gasteiger partial charge in [0.15, 0.2) is 5.82 Å². The molecule has 0 unspecified atom stereocenters. The summed E-state index contributed by atoms with van der Waals surface area (Å²) in [5.74, 6) is 0.376. The van der Waals surface area contributed by atoms with Crippen LogP contribution in [0.25, 0.3) is 6.08 Å². The van der Waals surface area contributed by atoms with Crippen molar-refractivity contribution in [1.82, 2.24) is 4.98 Å². The average molecular weight is 306 g/mol. The van der Waals surface area contributed by atoms with Crippen LogP contribution in [-0.4, -0.2) is 30.7 Å². The summed E-state index contributed by atoms with van der Waals surface area (Å²) in [5.41, 5.74) is 3.37. The van der Waals surface area contributed by atoms with Gasteiger partial charge in [-0.2, -0.15) is 10.1 Å². The molecule has 2 aromatic rings. The lowest BCUT2D eigenvalue weighted by Gasteiger charge is -2.12. The number of hydrazone groups is 1. The van der Waals surface area contributed by atoms with Crippen molar-refractivity contribution in [1.29, 1.82) is 0 Å². The first-order chi connectivity index (χ1) is 11.1. The largest absolute Gasteiger partial charge is 0.378 e. The minimum atomic E-state index is -0.155. The predicted octanol–water partition coefficient (Wildman–Crippen LogP) is 2.95. The molecule has 1 aliphatic heterocycles. The Kier molecular flexibility index (Phi) is 3.93. The van der Waals surface area contributed by atoms with Crippen molar-refractivity contribution in [2.24, 2.45) is 5.10 Å². The minimum absolute atomic E-state index is 0.155. The van der Waals surface area contributed by atoms with Gasteiger partial charge in [0, 0.05) is 26.0 Å². The van der Waals surface area contributed by atoms with Crippen molar-refractivity contribution in [3.8, 4) is 0 Å². The van der Waals surface area contributed by atoms with Gasteiger partial charge < -0.3 is 4.90 Å². The van der Waals surface area contributed by atoms with E-state index >= 15 is 0 Å². The van der Waals surface area contributed by atoms with Crippen LogP contribution in [-0.2, 0) is 4.79 Å². The van der Waals surface area contributed by atoms with Crippen LogP contribution >= 0.6 is 0 Å². The lowest BCUT2D eigenvalue weighted by atomic mass is 10.1. The van der Waals surface area contributed by atoms with Gasteiger partial charge in [-0.25, -0.2) is 4.98 Å². The highest BCUT2D eigenvalue weighted by Crippen LogP contribution is 2.23. The number of amides is 1. The third kappa shape index (κ3) is 2.99. The molecule has 0 saturated carbocycles. The first-order valence-electron chi connectivity index (χ1n) is 7.36. The molecule has 5 nitrogen and oxygen atoms in total. The second kappa shape index (κ2) is 6.04. The molecule has 0 spiro atoms. The van der Waals surface area contributed by atoms with Crippen molar-refractivity contribution < 1.29 is 4.79 Å². The zero-order chi connectivity index (χ0) is 16.4. The van der Waals surface area contributed by atoms with Crippen molar-refractivity contribution >= 4 is 29.2 Å². The number of hydrogen-bond acceptors (Lipinski definition) is 4. The fourth-order valence-corrected chi connectivity index (χ4v) is 2.35. The van der Waals surface area contributed by atoms with Crippen LogP contribution in [0.2, 0.25) is 0 Å². The minimum Gasteiger partial charge on any atom is -0.378 e. The highest BCUT2D eigenvalue weighted by molar-refractivity contribution is 6.31. The van der Waals surface area contributed by atoms with Crippen LogP contribution in [0.15, 0.2) is 59.3 Å². The van der Waals surface area contributed by atoms with E-state index in [9.17, 15) is 4.79 Å². The third-order valence-electron chi connectivity index (χ3n) is 3.65. The molecule has 23 heavy (non-hydrogen) atoms. The fraction of sp³-hybridized carbons (Fsp3) is 0.167. The summed E-state index contributed by atoms with van der Waals surface area (Å²) in [7, 11) is 3.99. The molecule has 0 fully saturated rings. The molecule has 1 aliphatic rings. The summed E-state index contributed by atoms with van der Waals surface area (Å²) in [4.78, 5) is 18.8. The average Bonchev–Trinajstić information content (AvgIpc) is 2.84. The molecule has 0 radical (unpaired) electrons. The zero-order valence-corrected chi connectivity index (χ0v) is 13.4. The summed E-state index contributed by atoms with van der Waals surface area (Å²) in [6.45, 7) is 1.83. The number of carbonyl (C=O) groups excluding carboxylic acids is 1. The van der Waals surface area contributed by atoms with Crippen LogP contribution in [0.3, 0.4) is 0 Å². The fourth-order valence-electron chi connectivity index (χ4n) is 2.35. The molecule has 116 valence electrons. The number of pyridine rings is 1. The van der Waals surface area contributed by atoms with Crippen LogP contribution in [0.1, 0.15) is 12.5 Å². The molecule has 0 N–H and O–H groups in total. The Bertz CT molecular complexity index is 776. The van der Waals surface area contributed by atoms with Crippen molar-refractivity contribution in [2.75, 3.05) is 24.0 Å². The summed E-state index contributed by atoms with van der Waals surface area (Å²) < 4.78 is 0. The standard InChI is InChI=1S/C18H18N4O/c1-13-16(12-14-7-9-15(10-8-14)21(2)3)18(23)22(20-13)17-6-4-5-11-19-17/h4-12H,1-3H3/b16-12-. The van der Waals surface area contributed by atoms with Gasteiger partial charge in [-0.1, -0.05) is 18.2 Å². The molecule has 0 aliphatic carbocycles. The number of rotatable bonds is 3. The number of anilines is 2. The molecule has 1 aromatic carbocycles. The topological polar surface area (TPSA) is 48.8 Å². The molecule has 3 rings (SSSR count). The lowest BCUT2D eigenvalue weighted by molar-refractivity contribution is -0.114. The Hall–Kier alpha value is -2.95. The first kappa shape index (κ1) is 15.0. The maximum Gasteiger partial charge on any atom is 0.282 e. The Morgan fingerprint density at radius 1 is 1.09 bits per heavy atom. The molecule has 0 atom stereocenters. The maximum absolute atomic E-state index is 12.6. The van der Waals surface area contributed by atoms with Gasteiger partial charge in [0.05, 0.1) is 11.3 Å². The Morgan fingerprint density at radius 2 is 1.83 bits per heavy atom. The molecule has 2 heterocycles. The van der Waals surface area contributed by atoms with E-state index in [1.807, 2.05) is 68.4 Å². The van der Waals surface area contributed by atoms with Gasteiger partial charge in [-0.15, -0.1) is 0 Å². The van der Waals surface area contributed by atoms with Crippen LogP contribution < -0.4 is 9.91 Å². The lowest BCUT2D eigenvalue weighted by Crippen LogP contribution is -2.22. The quantitative estimate of drug-likeness (QED) is 0.819. The van der Waals surface area contributed by atoms with Gasteiger partial charge >= 0.3 is 0 Å². The summed E-state index contributed by atoms with van der Waals surface area (Å²) in [5, 5.41) is 5.67. The third-order valence-corrected chi connectivity index (χ3v) is 3.65. The Balaban J connectivity index is 1.89. The highest BCUT2D eigenvalue weighted by Gasteiger charge is 2.29. The number of benzene rings is 1. The molecule has 1 aromatic heterocycles. The number of hydrogen-bond donors (Lipinski definition) is 0. The molecular weight excluding hydrogens is 288 g/mol. The number of nitrogens with zero attached hydrogens (tertiary/aromatic N) is 4. The van der Waals surface area contributed by atoms with E-state index in [-0.39, 0.29) is 5.91 Å². The summed E-state index contributed by atoms with van der Waals surface area (Å²) in [6, 6.07) is 13.4. The summed E-state index contributed by atoms with van der Waals surface area (Å²) >= 11 is 0. The zero-order valence-electron chi connectivity index (χ0n) is 13.4. The maximum atomic E-state index is 12.6. The second-order valence-corrected chi connectivity index (χ2v) is 5.53. The van der Waals surface area contributed by atoms with Gasteiger partial charge in [0.1, 0.15) is 0 Å². The molecule has 5 heteroatoms. The SMILES string of the molecule is CC1=NN(c2ccccn2)C(=O)/C1=C\c1ccc(N(C)C)cc1. The van der Waals surface area contributed by atoms with E-state index in [0.29, 0.717) is 17.1 Å². The first-order valence-corrected chi connectivity index (χ1v) is 7.36. The van der Waals surface area contributed by atoms with Gasteiger partial charge in [-0.05, 0) is 42.8 Å². The molecular formula is C18H18N4O. The van der Waals surface area contributed by atoms with E-state index in [4.69, 9.17) is 0 Å². The van der Waals surface area contributed by atoms with Crippen LogP contribution in [0.5, 0.6) is 0 Å². The van der Waals surface area contributed by atoms with Crippen LogP contribution in [0, 0.1) is 0 Å². The van der Waals surface area contributed by atoms with E-state index in [1.165, 1.54) is 5.01 Å². The van der Waals surface area contributed by atoms with E-state index in [2.05, 4.69) is 10.1 Å².